The predicted molar refractivity (Wildman–Crippen MR) is 106 cm³/mol. The number of fused-ring (bicyclic) bond motifs is 2. The Morgan fingerprint density at radius 1 is 1.04 bits per heavy atom. The number of hydrogen-bond acceptors (Lipinski definition) is 5. The van der Waals surface area contributed by atoms with Crippen molar-refractivity contribution in [2.24, 2.45) is 0 Å². The van der Waals surface area contributed by atoms with Crippen LogP contribution in [0.15, 0.2) is 61.1 Å². The van der Waals surface area contributed by atoms with Crippen LogP contribution >= 0.6 is 23.4 Å². The van der Waals surface area contributed by atoms with Gasteiger partial charge in [0.05, 0.1) is 16.3 Å². The van der Waals surface area contributed by atoms with Crippen LogP contribution < -0.4 is 10.4 Å². The summed E-state index contributed by atoms with van der Waals surface area (Å²) in [6.45, 7) is 1.08. The van der Waals surface area contributed by atoms with Crippen LogP contribution in [0.1, 0.15) is 12.5 Å². The maximum Gasteiger partial charge on any atom is 0.300 e. The van der Waals surface area contributed by atoms with E-state index in [0.717, 1.165) is 17.4 Å². The maximum atomic E-state index is 10.7. The van der Waals surface area contributed by atoms with Gasteiger partial charge in [0.15, 0.2) is 0 Å². The molecule has 4 rings (SSSR count). The first-order chi connectivity index (χ1) is 13.4. The van der Waals surface area contributed by atoms with E-state index in [1.165, 1.54) is 10.7 Å². The number of hydrogen-bond donors (Lipinski definition) is 2. The molecular formula is C20H15Cl2N3O3. The summed E-state index contributed by atoms with van der Waals surface area (Å²) >= 11 is 12.9. The van der Waals surface area contributed by atoms with Gasteiger partial charge in [-0.15, -0.1) is 0 Å². The fourth-order valence-corrected chi connectivity index (χ4v) is 3.32. The number of aliphatic carboxylic acids is 1. The second kappa shape index (κ2) is 8.29. The Morgan fingerprint density at radius 2 is 1.64 bits per heavy atom. The van der Waals surface area contributed by atoms with Gasteiger partial charge < -0.3 is 10.2 Å². The zero-order valence-electron chi connectivity index (χ0n) is 14.7. The lowest BCUT2D eigenvalue weighted by atomic mass is 10.1. The Bertz CT molecular complexity index is 1260. The minimum absolute atomic E-state index is 0.140. The number of benzene rings is 2. The molecule has 0 saturated heterocycles. The van der Waals surface area contributed by atoms with Crippen molar-refractivity contribution in [2.45, 2.75) is 6.92 Å². The molecule has 0 atom stereocenters. The Morgan fingerprint density at radius 3 is 2.32 bits per heavy atom. The third kappa shape index (κ3) is 3.78. The number of rotatable bonds is 1. The predicted octanol–water partition coefficient (Wildman–Crippen LogP) is 2.76. The van der Waals surface area contributed by atoms with Gasteiger partial charge in [-0.25, -0.2) is 14.4 Å². The molecule has 0 amide bonds. The van der Waals surface area contributed by atoms with Gasteiger partial charge in [-0.1, -0.05) is 54.1 Å². The Hall–Kier alpha value is -3.09. The molecule has 0 spiro atoms. The number of halogens is 2. The zero-order chi connectivity index (χ0) is 20.3. The number of carboxylic acids is 1. The molecule has 1 aromatic heterocycles. The van der Waals surface area contributed by atoms with E-state index in [9.17, 15) is 5.11 Å². The van der Waals surface area contributed by atoms with E-state index in [4.69, 9.17) is 33.3 Å². The second-order valence-corrected chi connectivity index (χ2v) is 6.53. The van der Waals surface area contributed by atoms with Crippen LogP contribution in [0, 0.1) is 10.6 Å². The molecule has 0 fully saturated rings. The van der Waals surface area contributed by atoms with Crippen molar-refractivity contribution in [2.75, 3.05) is 0 Å². The topological polar surface area (TPSA) is 86.5 Å². The molecule has 0 bridgehead atoms. The van der Waals surface area contributed by atoms with Gasteiger partial charge in [0.2, 0.25) is 5.88 Å². The van der Waals surface area contributed by atoms with Gasteiger partial charge in [0.1, 0.15) is 6.33 Å². The van der Waals surface area contributed by atoms with E-state index < -0.39 is 5.97 Å². The van der Waals surface area contributed by atoms with Crippen LogP contribution in [-0.4, -0.2) is 30.6 Å². The maximum absolute atomic E-state index is 10.7. The van der Waals surface area contributed by atoms with Crippen LogP contribution in [0.3, 0.4) is 0 Å². The number of nitrogens with zero attached hydrogens (tertiary/aromatic N) is 3. The minimum atomic E-state index is -0.833. The summed E-state index contributed by atoms with van der Waals surface area (Å²) in [6, 6.07) is 15.0. The van der Waals surface area contributed by atoms with Crippen molar-refractivity contribution >= 4 is 40.9 Å². The van der Waals surface area contributed by atoms with Gasteiger partial charge in [0.25, 0.3) is 5.97 Å². The molecule has 1 aliphatic rings. The highest BCUT2D eigenvalue weighted by Crippen LogP contribution is 2.28. The number of carboxylic acid groups (broad SMARTS) is 1. The molecule has 6 nitrogen and oxygen atoms in total. The SMILES string of the molecule is CC(=O)O.OC1=c2cncnc2=c2ccccc2=C(c2ccccc2Cl)N1Cl. The average Bonchev–Trinajstić information content (AvgIpc) is 2.77. The lowest BCUT2D eigenvalue weighted by Gasteiger charge is -2.19. The zero-order valence-corrected chi connectivity index (χ0v) is 16.2. The summed E-state index contributed by atoms with van der Waals surface area (Å²) in [7, 11) is 0. The second-order valence-electron chi connectivity index (χ2n) is 5.78. The van der Waals surface area contributed by atoms with Gasteiger partial charge in [-0.2, -0.15) is 0 Å². The van der Waals surface area contributed by atoms with Crippen molar-refractivity contribution < 1.29 is 15.0 Å². The fourth-order valence-electron chi connectivity index (χ4n) is 2.83. The van der Waals surface area contributed by atoms with Crippen molar-refractivity contribution in [1.82, 2.24) is 14.4 Å². The molecular weight excluding hydrogens is 401 g/mol. The van der Waals surface area contributed by atoms with Gasteiger partial charge in [0, 0.05) is 45.9 Å². The van der Waals surface area contributed by atoms with Crippen LogP contribution in [0.25, 0.3) is 11.6 Å². The van der Waals surface area contributed by atoms with Crippen LogP contribution in [-0.2, 0) is 4.79 Å². The third-order valence-corrected chi connectivity index (χ3v) is 4.56. The number of aromatic nitrogens is 2. The van der Waals surface area contributed by atoms with E-state index >= 15 is 0 Å². The quantitative estimate of drug-likeness (QED) is 0.594. The molecule has 0 saturated carbocycles. The summed E-state index contributed by atoms with van der Waals surface area (Å²) in [5.41, 5.74) is 1.31. The van der Waals surface area contributed by atoms with Crippen molar-refractivity contribution in [3.8, 4) is 0 Å². The summed E-state index contributed by atoms with van der Waals surface area (Å²) in [5.74, 6) is -0.974. The first-order valence-corrected chi connectivity index (χ1v) is 8.86. The summed E-state index contributed by atoms with van der Waals surface area (Å²) < 4.78 is 1.20. The van der Waals surface area contributed by atoms with Crippen molar-refractivity contribution in [1.29, 1.82) is 0 Å². The molecule has 2 heterocycles. The molecule has 3 aromatic rings. The molecule has 0 aliphatic carbocycles. The first kappa shape index (κ1) is 19.7. The van der Waals surface area contributed by atoms with Crippen molar-refractivity contribution in [3.63, 3.8) is 0 Å². The van der Waals surface area contributed by atoms with E-state index in [1.54, 1.807) is 12.3 Å². The lowest BCUT2D eigenvalue weighted by molar-refractivity contribution is -0.134. The molecule has 142 valence electrons. The van der Waals surface area contributed by atoms with Gasteiger partial charge in [-0.05, 0) is 6.07 Å². The standard InChI is InChI=1S/C18H11Cl2N3O.C2H4O2/c19-15-8-4-3-7-13(15)17-12-6-2-1-5-11(12)16-14(9-21-10-22-16)18(24)23(17)20;1-2(3)4/h1-10,24H;1H3,(H,3,4). The van der Waals surface area contributed by atoms with E-state index in [1.807, 2.05) is 42.5 Å². The number of aliphatic hydroxyl groups is 1. The highest BCUT2D eigenvalue weighted by atomic mass is 35.5. The van der Waals surface area contributed by atoms with E-state index in [2.05, 4.69) is 9.97 Å². The third-order valence-electron chi connectivity index (χ3n) is 3.90. The van der Waals surface area contributed by atoms with Gasteiger partial charge >= 0.3 is 0 Å². The summed E-state index contributed by atoms with van der Waals surface area (Å²) in [4.78, 5) is 17.3. The highest BCUT2D eigenvalue weighted by Gasteiger charge is 2.21. The van der Waals surface area contributed by atoms with Crippen LogP contribution in [0.4, 0.5) is 0 Å². The van der Waals surface area contributed by atoms with Crippen LogP contribution in [0.2, 0.25) is 5.02 Å². The summed E-state index contributed by atoms with van der Waals surface area (Å²) in [6.07, 6.45) is 2.99. The minimum Gasteiger partial charge on any atom is -0.493 e. The molecule has 2 aromatic carbocycles. The Kier molecular flexibility index (Phi) is 5.82. The monoisotopic (exact) mass is 415 g/mol. The van der Waals surface area contributed by atoms with Crippen LogP contribution in [0.5, 0.6) is 0 Å². The average molecular weight is 416 g/mol. The fraction of sp³-hybridized carbons (Fsp3) is 0.0500. The van der Waals surface area contributed by atoms with Crippen molar-refractivity contribution in [3.05, 3.63) is 92.6 Å². The Balaban J connectivity index is 0.000000516. The van der Waals surface area contributed by atoms with E-state index in [0.29, 0.717) is 26.9 Å². The normalized spacial score (nSPS) is 12.3. The molecule has 8 heteroatoms. The van der Waals surface area contributed by atoms with Gasteiger partial charge in [-0.3, -0.25) is 4.79 Å². The first-order valence-electron chi connectivity index (χ1n) is 8.15. The van der Waals surface area contributed by atoms with E-state index in [-0.39, 0.29) is 5.88 Å². The largest absolute Gasteiger partial charge is 0.493 e. The number of aliphatic hydroxyl groups excluding tert-OH is 1. The Labute approximate surface area is 170 Å². The smallest absolute Gasteiger partial charge is 0.300 e. The lowest BCUT2D eigenvalue weighted by Crippen LogP contribution is -2.22. The number of carbonyl (C=O) groups is 1. The molecule has 0 unspecified atom stereocenters. The molecule has 1 aliphatic heterocycles. The summed E-state index contributed by atoms with van der Waals surface area (Å²) in [5, 5.41) is 21.4. The molecule has 28 heavy (non-hydrogen) atoms. The molecule has 0 radical (unpaired) electrons. The highest BCUT2D eigenvalue weighted by molar-refractivity contribution is 6.33. The molecule has 2 N–H and O–H groups in total.